The molecule has 7 heteroatoms. The van der Waals surface area contributed by atoms with Gasteiger partial charge in [-0.1, -0.05) is 0 Å². The van der Waals surface area contributed by atoms with Crippen LogP contribution in [0.5, 0.6) is 0 Å². The Morgan fingerprint density at radius 2 is 1.41 bits per heavy atom. The molecule has 0 saturated carbocycles. The normalized spacial score (nSPS) is 12.6. The molecule has 0 aliphatic rings. The van der Waals surface area contributed by atoms with E-state index in [-0.39, 0.29) is 17.4 Å². The van der Waals surface area contributed by atoms with E-state index in [1.807, 2.05) is 45.0 Å². The van der Waals surface area contributed by atoms with Gasteiger partial charge in [0.15, 0.2) is 6.54 Å². The summed E-state index contributed by atoms with van der Waals surface area (Å²) in [5.74, 6) is -0.0293. The van der Waals surface area contributed by atoms with Gasteiger partial charge in [0.05, 0.1) is 41.0 Å². The minimum atomic E-state index is -0.157. The Morgan fingerprint density at radius 1 is 0.955 bits per heavy atom. The molecule has 0 aliphatic carbocycles. The van der Waals surface area contributed by atoms with Crippen molar-refractivity contribution in [1.29, 1.82) is 0 Å². The standard InChI is InChI=1S/C15H33N5O2/c1-15(2,3)19(11-16-13(21)9-18(4)5)12-17-14(22)10-20(6,7)8/h9-12H2,1-8H3,(H-,16,17,21,22)/p+1. The number of hydrogen-bond donors (Lipinski definition) is 2. The first-order valence-electron chi connectivity index (χ1n) is 7.55. The summed E-state index contributed by atoms with van der Waals surface area (Å²) in [4.78, 5) is 27.5. The molecule has 0 fully saturated rings. The fourth-order valence-corrected chi connectivity index (χ4v) is 1.73. The first kappa shape index (κ1) is 20.8. The zero-order chi connectivity index (χ0) is 17.6. The molecule has 2 N–H and O–H groups in total. The number of carbonyl (C=O) groups excluding carboxylic acids is 2. The molecule has 7 nitrogen and oxygen atoms in total. The molecule has 130 valence electrons. The second-order valence-corrected chi connectivity index (χ2v) is 7.91. The van der Waals surface area contributed by atoms with E-state index in [1.165, 1.54) is 0 Å². The Bertz CT molecular complexity index is 369. The van der Waals surface area contributed by atoms with E-state index >= 15 is 0 Å². The maximum absolute atomic E-state index is 11.9. The van der Waals surface area contributed by atoms with Crippen LogP contribution in [-0.2, 0) is 9.59 Å². The lowest BCUT2D eigenvalue weighted by Gasteiger charge is -2.36. The van der Waals surface area contributed by atoms with Crippen molar-refractivity contribution in [2.75, 3.05) is 61.7 Å². The largest absolute Gasteiger partial charge is 0.342 e. The summed E-state index contributed by atoms with van der Waals surface area (Å²) in [6.07, 6.45) is 0. The Morgan fingerprint density at radius 3 is 1.77 bits per heavy atom. The molecule has 0 spiro atoms. The van der Waals surface area contributed by atoms with Crippen LogP contribution in [-0.4, -0.2) is 93.3 Å². The Hall–Kier alpha value is -1.18. The van der Waals surface area contributed by atoms with Crippen LogP contribution in [0.3, 0.4) is 0 Å². The van der Waals surface area contributed by atoms with Crippen LogP contribution in [0.15, 0.2) is 0 Å². The van der Waals surface area contributed by atoms with Gasteiger partial charge in [-0.2, -0.15) is 0 Å². The molecule has 0 saturated heterocycles. The number of rotatable bonds is 8. The lowest BCUT2D eigenvalue weighted by atomic mass is 10.1. The van der Waals surface area contributed by atoms with E-state index < -0.39 is 0 Å². The van der Waals surface area contributed by atoms with Crippen molar-refractivity contribution in [3.8, 4) is 0 Å². The maximum atomic E-state index is 11.9. The van der Waals surface area contributed by atoms with Crippen molar-refractivity contribution in [2.24, 2.45) is 0 Å². The van der Waals surface area contributed by atoms with Crippen LogP contribution in [0, 0.1) is 0 Å². The van der Waals surface area contributed by atoms with E-state index in [1.54, 1.807) is 0 Å². The lowest BCUT2D eigenvalue weighted by Crippen LogP contribution is -2.54. The van der Waals surface area contributed by atoms with Gasteiger partial charge in [-0.3, -0.25) is 14.5 Å². The second-order valence-electron chi connectivity index (χ2n) is 7.91. The number of nitrogens with zero attached hydrogens (tertiary/aromatic N) is 3. The van der Waals surface area contributed by atoms with Crippen molar-refractivity contribution in [3.63, 3.8) is 0 Å². The van der Waals surface area contributed by atoms with Gasteiger partial charge in [0.25, 0.3) is 5.91 Å². The topological polar surface area (TPSA) is 64.7 Å². The second kappa shape index (κ2) is 8.45. The van der Waals surface area contributed by atoms with Crippen molar-refractivity contribution in [3.05, 3.63) is 0 Å². The third-order valence-electron chi connectivity index (χ3n) is 2.96. The van der Waals surface area contributed by atoms with E-state index in [9.17, 15) is 9.59 Å². The van der Waals surface area contributed by atoms with Crippen LogP contribution in [0.1, 0.15) is 20.8 Å². The number of carbonyl (C=O) groups is 2. The molecular formula is C15H34N5O2+. The highest BCUT2D eigenvalue weighted by molar-refractivity contribution is 5.78. The third-order valence-corrected chi connectivity index (χ3v) is 2.96. The SMILES string of the molecule is CN(C)CC(=O)NCN(CNC(=O)C[N+](C)(C)C)C(C)(C)C. The molecule has 0 aromatic carbocycles. The van der Waals surface area contributed by atoms with Crippen LogP contribution < -0.4 is 10.6 Å². The average molecular weight is 316 g/mol. The van der Waals surface area contributed by atoms with Gasteiger partial charge in [0, 0.05) is 5.54 Å². The Kier molecular flexibility index (Phi) is 8.00. The molecule has 0 atom stereocenters. The fourth-order valence-electron chi connectivity index (χ4n) is 1.73. The van der Waals surface area contributed by atoms with Crippen LogP contribution in [0.4, 0.5) is 0 Å². The third kappa shape index (κ3) is 10.5. The van der Waals surface area contributed by atoms with E-state index in [0.29, 0.717) is 30.9 Å². The minimum Gasteiger partial charge on any atom is -0.342 e. The summed E-state index contributed by atoms with van der Waals surface area (Å²) >= 11 is 0. The predicted octanol–water partition coefficient (Wildman–Crippen LogP) is -0.498. The Balaban J connectivity index is 4.43. The summed E-state index contributed by atoms with van der Waals surface area (Å²) < 4.78 is 0.584. The number of likely N-dealkylation sites (N-methyl/N-ethyl adjacent to an activating group) is 2. The minimum absolute atomic E-state index is 0.00127. The summed E-state index contributed by atoms with van der Waals surface area (Å²) in [7, 11) is 9.63. The van der Waals surface area contributed by atoms with Gasteiger partial charge < -0.3 is 20.0 Å². The first-order chi connectivity index (χ1) is 9.81. The fraction of sp³-hybridized carbons (Fsp3) is 0.867. The van der Waals surface area contributed by atoms with Crippen LogP contribution in [0.2, 0.25) is 0 Å². The molecule has 0 unspecified atom stereocenters. The van der Waals surface area contributed by atoms with Gasteiger partial charge in [0.2, 0.25) is 5.91 Å². The number of amides is 2. The summed E-state index contributed by atoms with van der Waals surface area (Å²) in [5, 5.41) is 5.80. The van der Waals surface area contributed by atoms with E-state index in [4.69, 9.17) is 0 Å². The van der Waals surface area contributed by atoms with Gasteiger partial charge in [-0.15, -0.1) is 0 Å². The molecular weight excluding hydrogens is 282 g/mol. The van der Waals surface area contributed by atoms with Crippen molar-refractivity contribution < 1.29 is 14.1 Å². The number of nitrogens with one attached hydrogen (secondary N) is 2. The first-order valence-corrected chi connectivity index (χ1v) is 7.55. The maximum Gasteiger partial charge on any atom is 0.276 e. The van der Waals surface area contributed by atoms with Crippen LogP contribution >= 0.6 is 0 Å². The summed E-state index contributed by atoms with van der Waals surface area (Å²) in [6, 6.07) is 0. The van der Waals surface area contributed by atoms with Crippen molar-refractivity contribution in [2.45, 2.75) is 26.3 Å². The average Bonchev–Trinajstić information content (AvgIpc) is 2.23. The van der Waals surface area contributed by atoms with Crippen LogP contribution in [0.25, 0.3) is 0 Å². The molecule has 0 radical (unpaired) electrons. The molecule has 22 heavy (non-hydrogen) atoms. The molecule has 2 amide bonds. The van der Waals surface area contributed by atoms with Gasteiger partial charge in [0.1, 0.15) is 0 Å². The van der Waals surface area contributed by atoms with Crippen molar-refractivity contribution >= 4 is 11.8 Å². The van der Waals surface area contributed by atoms with E-state index in [2.05, 4.69) is 31.4 Å². The smallest absolute Gasteiger partial charge is 0.276 e. The quantitative estimate of drug-likeness (QED) is 0.468. The molecule has 0 rings (SSSR count). The predicted molar refractivity (Wildman–Crippen MR) is 89.1 cm³/mol. The molecule has 0 heterocycles. The summed E-state index contributed by atoms with van der Waals surface area (Å²) in [6.45, 7) is 7.74. The van der Waals surface area contributed by atoms with Crippen molar-refractivity contribution in [1.82, 2.24) is 20.4 Å². The highest BCUT2D eigenvalue weighted by atomic mass is 16.2. The number of hydrogen-bond acceptors (Lipinski definition) is 4. The molecule has 0 aromatic heterocycles. The molecule has 0 bridgehead atoms. The van der Waals surface area contributed by atoms with Gasteiger partial charge in [-0.05, 0) is 34.9 Å². The summed E-state index contributed by atoms with van der Waals surface area (Å²) in [5.41, 5.74) is -0.157. The zero-order valence-electron chi connectivity index (χ0n) is 15.5. The monoisotopic (exact) mass is 316 g/mol. The highest BCUT2D eigenvalue weighted by Gasteiger charge is 2.23. The number of quaternary nitrogens is 1. The highest BCUT2D eigenvalue weighted by Crippen LogP contribution is 2.10. The van der Waals surface area contributed by atoms with E-state index in [0.717, 1.165) is 0 Å². The Labute approximate surface area is 135 Å². The molecule has 0 aliphatic heterocycles. The molecule has 0 aromatic rings. The van der Waals surface area contributed by atoms with Gasteiger partial charge in [-0.25, -0.2) is 0 Å². The van der Waals surface area contributed by atoms with Gasteiger partial charge >= 0.3 is 0 Å². The lowest BCUT2D eigenvalue weighted by molar-refractivity contribution is -0.862. The zero-order valence-corrected chi connectivity index (χ0v) is 15.5.